The lowest BCUT2D eigenvalue weighted by atomic mass is 10.1. The summed E-state index contributed by atoms with van der Waals surface area (Å²) >= 11 is 0. The molecule has 0 spiro atoms. The van der Waals surface area contributed by atoms with E-state index in [1.165, 1.54) is 0 Å². The first kappa shape index (κ1) is 57.9. The molecule has 0 aliphatic rings. The molecule has 0 radical (unpaired) electrons. The van der Waals surface area contributed by atoms with E-state index in [0.717, 1.165) is 122 Å². The van der Waals surface area contributed by atoms with Gasteiger partial charge in [0.2, 0.25) is 0 Å². The number of phosphoric acid groups is 1. The minimum atomic E-state index is -4.30. The Morgan fingerprint density at radius 2 is 0.902 bits per heavy atom. The summed E-state index contributed by atoms with van der Waals surface area (Å²) in [5.41, 5.74) is 0. The smallest absolute Gasteiger partial charge is 0.457 e. The summed E-state index contributed by atoms with van der Waals surface area (Å²) in [6.07, 6.45) is 62.5. The van der Waals surface area contributed by atoms with Gasteiger partial charge in [0.1, 0.15) is 19.3 Å². The standard InChI is InChI=1S/C52H86NO7P/c1-6-8-10-12-14-16-18-20-22-23-24-25-26-27-28-29-30-32-34-36-38-40-42-44-47-57-49-51(50-59-61(55,56)58-48-46-53(3,4)5)60-52(54)45-43-41-39-37-35-33-31-21-19-17-15-13-11-9-7-2/h8-11,14-17,20-22,24-25,27-28,30-32,36,38,51H,6-7,12-13,18-19,23,26,29,33-35,37,39-50H2,1-5H3/p+1/b10-8-,11-9-,16-14-,17-15-,22-20-,25-24-,28-27-,31-21-,32-30-,38-36-. The molecule has 0 aromatic carbocycles. The van der Waals surface area contributed by atoms with E-state index in [4.69, 9.17) is 18.5 Å². The summed E-state index contributed by atoms with van der Waals surface area (Å²) < 4.78 is 35.0. The van der Waals surface area contributed by atoms with Crippen LogP contribution < -0.4 is 0 Å². The number of rotatable bonds is 41. The molecule has 9 heteroatoms. The van der Waals surface area contributed by atoms with Crippen LogP contribution in [0.5, 0.6) is 0 Å². The molecule has 0 aromatic heterocycles. The molecule has 346 valence electrons. The number of carbonyl (C=O) groups is 1. The number of carbonyl (C=O) groups excluding carboxylic acids is 1. The second-order valence-corrected chi connectivity index (χ2v) is 17.5. The highest BCUT2D eigenvalue weighted by Crippen LogP contribution is 2.43. The van der Waals surface area contributed by atoms with Crippen LogP contribution in [-0.2, 0) is 27.9 Å². The van der Waals surface area contributed by atoms with Gasteiger partial charge in [-0.25, -0.2) is 4.57 Å². The van der Waals surface area contributed by atoms with Crippen molar-refractivity contribution in [3.8, 4) is 0 Å². The van der Waals surface area contributed by atoms with E-state index in [0.29, 0.717) is 17.6 Å². The number of nitrogens with zero attached hydrogens (tertiary/aromatic N) is 1. The van der Waals surface area contributed by atoms with Crippen LogP contribution in [-0.4, -0.2) is 75.6 Å². The van der Waals surface area contributed by atoms with Crippen LogP contribution >= 0.6 is 7.82 Å². The normalized spacial score (nSPS) is 14.8. The van der Waals surface area contributed by atoms with E-state index in [1.807, 2.05) is 21.1 Å². The first-order chi connectivity index (χ1) is 29.6. The van der Waals surface area contributed by atoms with Crippen molar-refractivity contribution < 1.29 is 37.3 Å². The summed E-state index contributed by atoms with van der Waals surface area (Å²) in [6, 6.07) is 0. The number of phosphoric ester groups is 1. The van der Waals surface area contributed by atoms with Crippen LogP contribution in [0.3, 0.4) is 0 Å². The van der Waals surface area contributed by atoms with Crippen LogP contribution in [0.2, 0.25) is 0 Å². The lowest BCUT2D eigenvalue weighted by Gasteiger charge is -2.24. The summed E-state index contributed by atoms with van der Waals surface area (Å²) in [4.78, 5) is 22.9. The highest BCUT2D eigenvalue weighted by Gasteiger charge is 2.26. The van der Waals surface area contributed by atoms with Crippen molar-refractivity contribution in [2.75, 3.05) is 54.1 Å². The molecule has 0 bridgehead atoms. The summed E-state index contributed by atoms with van der Waals surface area (Å²) in [7, 11) is 1.60. The Kier molecular flexibility index (Phi) is 41.3. The monoisotopic (exact) mass is 869 g/mol. The second-order valence-electron chi connectivity index (χ2n) is 16.0. The number of esters is 1. The fraction of sp³-hybridized carbons (Fsp3) is 0.596. The van der Waals surface area contributed by atoms with E-state index in [-0.39, 0.29) is 32.2 Å². The summed E-state index contributed by atoms with van der Waals surface area (Å²) in [6.45, 7) is 5.21. The fourth-order valence-corrected chi connectivity index (χ4v) is 6.23. The van der Waals surface area contributed by atoms with E-state index >= 15 is 0 Å². The van der Waals surface area contributed by atoms with E-state index in [9.17, 15) is 14.3 Å². The highest BCUT2D eigenvalue weighted by molar-refractivity contribution is 7.47. The Labute approximate surface area is 373 Å². The molecule has 0 amide bonds. The van der Waals surface area contributed by atoms with Crippen molar-refractivity contribution in [3.63, 3.8) is 0 Å². The highest BCUT2D eigenvalue weighted by atomic mass is 31.2. The third-order valence-electron chi connectivity index (χ3n) is 9.02. The summed E-state index contributed by atoms with van der Waals surface area (Å²) in [5, 5.41) is 0. The lowest BCUT2D eigenvalue weighted by molar-refractivity contribution is -0.870. The first-order valence-electron chi connectivity index (χ1n) is 23.3. The Hall–Kier alpha value is -3.10. The quantitative estimate of drug-likeness (QED) is 0.0215. The molecule has 2 atom stereocenters. The topological polar surface area (TPSA) is 91.3 Å². The van der Waals surface area contributed by atoms with E-state index in [2.05, 4.69) is 135 Å². The van der Waals surface area contributed by atoms with Gasteiger partial charge in [0, 0.05) is 13.0 Å². The number of likely N-dealkylation sites (N-methyl/N-ethyl adjacent to an activating group) is 1. The van der Waals surface area contributed by atoms with Gasteiger partial charge in [-0.3, -0.25) is 13.8 Å². The molecule has 0 rings (SSSR count). The Morgan fingerprint density at radius 1 is 0.508 bits per heavy atom. The largest absolute Gasteiger partial charge is 0.472 e. The zero-order valence-electron chi connectivity index (χ0n) is 39.1. The van der Waals surface area contributed by atoms with Gasteiger partial charge in [-0.15, -0.1) is 0 Å². The number of allylic oxidation sites excluding steroid dienone is 20. The molecule has 2 unspecified atom stereocenters. The molecule has 1 N–H and O–H groups in total. The maximum atomic E-state index is 12.7. The third kappa shape index (κ3) is 47.8. The fourth-order valence-electron chi connectivity index (χ4n) is 5.49. The van der Waals surface area contributed by atoms with Gasteiger partial charge in [-0.05, 0) is 103 Å². The maximum Gasteiger partial charge on any atom is 0.472 e. The van der Waals surface area contributed by atoms with Crippen LogP contribution in [0.15, 0.2) is 122 Å². The van der Waals surface area contributed by atoms with Gasteiger partial charge in [0.05, 0.1) is 34.4 Å². The number of unbranched alkanes of at least 4 members (excludes halogenated alkanes) is 7. The Morgan fingerprint density at radius 3 is 1.34 bits per heavy atom. The van der Waals surface area contributed by atoms with Crippen LogP contribution in [0.4, 0.5) is 0 Å². The van der Waals surface area contributed by atoms with Crippen molar-refractivity contribution in [2.45, 2.75) is 148 Å². The second kappa shape index (κ2) is 43.5. The number of hydrogen-bond donors (Lipinski definition) is 1. The van der Waals surface area contributed by atoms with Crippen molar-refractivity contribution in [3.05, 3.63) is 122 Å². The SMILES string of the molecule is CC/C=C\C/C=C\C/C=C\C/C=C\C/C=C\C/C=C\C/C=C\CCCCOCC(COP(=O)(O)OCC[N+](C)(C)C)OC(=O)CCCCCCC/C=C\C/C=C\C/C=C\CC. The van der Waals surface area contributed by atoms with Crippen molar-refractivity contribution in [1.82, 2.24) is 0 Å². The first-order valence-corrected chi connectivity index (χ1v) is 24.8. The average Bonchev–Trinajstić information content (AvgIpc) is 3.22. The van der Waals surface area contributed by atoms with Crippen LogP contribution in [0.25, 0.3) is 0 Å². The molecular weight excluding hydrogens is 782 g/mol. The number of quaternary nitrogens is 1. The minimum absolute atomic E-state index is 0.0684. The molecule has 0 aliphatic heterocycles. The molecule has 0 aromatic rings. The van der Waals surface area contributed by atoms with Gasteiger partial charge < -0.3 is 18.9 Å². The number of ether oxygens (including phenoxy) is 2. The molecule has 8 nitrogen and oxygen atoms in total. The third-order valence-corrected chi connectivity index (χ3v) is 10.0. The minimum Gasteiger partial charge on any atom is -0.457 e. The van der Waals surface area contributed by atoms with Crippen LogP contribution in [0, 0.1) is 0 Å². The van der Waals surface area contributed by atoms with Gasteiger partial charge in [0.15, 0.2) is 0 Å². The zero-order valence-corrected chi connectivity index (χ0v) is 40.0. The van der Waals surface area contributed by atoms with Gasteiger partial charge in [0.25, 0.3) is 0 Å². The Bertz CT molecular complexity index is 1380. The van der Waals surface area contributed by atoms with Crippen molar-refractivity contribution >= 4 is 13.8 Å². The predicted octanol–water partition coefficient (Wildman–Crippen LogP) is 14.2. The van der Waals surface area contributed by atoms with Crippen molar-refractivity contribution in [2.24, 2.45) is 0 Å². The molecule has 0 heterocycles. The Balaban J connectivity index is 4.35. The average molecular weight is 869 g/mol. The number of hydrogen-bond acceptors (Lipinski definition) is 6. The molecule has 0 fully saturated rings. The van der Waals surface area contributed by atoms with Crippen molar-refractivity contribution in [1.29, 1.82) is 0 Å². The van der Waals surface area contributed by atoms with Gasteiger partial charge >= 0.3 is 13.8 Å². The summed E-state index contributed by atoms with van der Waals surface area (Å²) in [5.74, 6) is -0.353. The van der Waals surface area contributed by atoms with Gasteiger partial charge in [-0.2, -0.15) is 0 Å². The molecule has 0 saturated carbocycles. The zero-order chi connectivity index (χ0) is 44.8. The molecule has 0 saturated heterocycles. The molecule has 0 aliphatic carbocycles. The van der Waals surface area contributed by atoms with Crippen LogP contribution in [0.1, 0.15) is 142 Å². The predicted molar refractivity (Wildman–Crippen MR) is 260 cm³/mol. The molecule has 61 heavy (non-hydrogen) atoms. The van der Waals surface area contributed by atoms with E-state index < -0.39 is 13.9 Å². The maximum absolute atomic E-state index is 12.7. The van der Waals surface area contributed by atoms with Gasteiger partial charge in [-0.1, -0.05) is 155 Å². The van der Waals surface area contributed by atoms with E-state index in [1.54, 1.807) is 0 Å². The molecular formula is C52H87NO7P+. The lowest BCUT2D eigenvalue weighted by Crippen LogP contribution is -2.37.